The highest BCUT2D eigenvalue weighted by Gasteiger charge is 2.34. The van der Waals surface area contributed by atoms with E-state index in [1.807, 2.05) is 10.7 Å². The van der Waals surface area contributed by atoms with Gasteiger partial charge in [-0.1, -0.05) is 6.92 Å². The van der Waals surface area contributed by atoms with Crippen molar-refractivity contribution in [3.05, 3.63) is 40.1 Å². The lowest BCUT2D eigenvalue weighted by molar-refractivity contribution is 0.125. The second kappa shape index (κ2) is 6.57. The SMILES string of the molecule is CC1CC2=C(C(=N)/C=C\NC(F)F)CN=C(c3nccs3)N2C1. The highest BCUT2D eigenvalue weighted by Crippen LogP contribution is 2.34. The Labute approximate surface area is 137 Å². The molecule has 2 N–H and O–H groups in total. The molecule has 1 unspecified atom stereocenters. The van der Waals surface area contributed by atoms with Gasteiger partial charge in [0.2, 0.25) is 0 Å². The normalized spacial score (nSPS) is 21.1. The largest absolute Gasteiger partial charge is 0.336 e. The van der Waals surface area contributed by atoms with Crippen molar-refractivity contribution in [3.63, 3.8) is 0 Å². The molecule has 1 aromatic rings. The summed E-state index contributed by atoms with van der Waals surface area (Å²) in [5.74, 6) is 1.31. The van der Waals surface area contributed by atoms with E-state index in [4.69, 9.17) is 5.41 Å². The lowest BCUT2D eigenvalue weighted by atomic mass is 10.0. The standard InChI is InChI=1S/C15H17F2N5S/c1-9-6-12-10(11(18)2-3-20-15(16)17)7-21-13(22(12)8-9)14-19-4-5-23-14/h2-5,9,15,18,20H,6-8H2,1H3/b3-2-,18-11?. The molecule has 0 amide bonds. The summed E-state index contributed by atoms with van der Waals surface area (Å²) in [5.41, 5.74) is 2.07. The lowest BCUT2D eigenvalue weighted by Gasteiger charge is -2.27. The first-order chi connectivity index (χ1) is 11.1. The molecular weight excluding hydrogens is 320 g/mol. The van der Waals surface area contributed by atoms with E-state index >= 15 is 0 Å². The number of fused-ring (bicyclic) bond motifs is 1. The topological polar surface area (TPSA) is 64.4 Å². The summed E-state index contributed by atoms with van der Waals surface area (Å²) >= 11 is 1.54. The molecule has 0 radical (unpaired) electrons. The van der Waals surface area contributed by atoms with Gasteiger partial charge in [0.1, 0.15) is 0 Å². The molecule has 0 aliphatic carbocycles. The monoisotopic (exact) mass is 337 g/mol. The van der Waals surface area contributed by atoms with Crippen LogP contribution in [0.5, 0.6) is 0 Å². The van der Waals surface area contributed by atoms with Gasteiger partial charge in [0, 0.05) is 35.6 Å². The molecule has 0 saturated carbocycles. The molecule has 1 aromatic heterocycles. The van der Waals surface area contributed by atoms with E-state index in [1.54, 1.807) is 6.20 Å². The third-order valence-corrected chi connectivity index (χ3v) is 4.54. The zero-order chi connectivity index (χ0) is 16.4. The van der Waals surface area contributed by atoms with Gasteiger partial charge in [0.15, 0.2) is 10.8 Å². The second-order valence-corrected chi connectivity index (χ2v) is 6.43. The number of nitrogens with one attached hydrogen (secondary N) is 2. The molecule has 2 aliphatic rings. The first-order valence-corrected chi connectivity index (χ1v) is 8.17. The highest BCUT2D eigenvalue weighted by molar-refractivity contribution is 7.11. The van der Waals surface area contributed by atoms with Gasteiger partial charge in [0.05, 0.1) is 12.3 Å². The summed E-state index contributed by atoms with van der Waals surface area (Å²) < 4.78 is 24.2. The number of halogens is 2. The fourth-order valence-electron chi connectivity index (χ4n) is 2.82. The molecule has 122 valence electrons. The number of thiazole rings is 1. The summed E-state index contributed by atoms with van der Waals surface area (Å²) in [4.78, 5) is 11.0. The maximum absolute atomic E-state index is 12.1. The minimum absolute atomic E-state index is 0.217. The first-order valence-electron chi connectivity index (χ1n) is 7.29. The second-order valence-electron chi connectivity index (χ2n) is 5.54. The van der Waals surface area contributed by atoms with E-state index in [2.05, 4.69) is 21.8 Å². The summed E-state index contributed by atoms with van der Waals surface area (Å²) in [5, 5.41) is 12.8. The summed E-state index contributed by atoms with van der Waals surface area (Å²) in [6.07, 6.45) is 5.09. The van der Waals surface area contributed by atoms with Crippen LogP contribution in [0.15, 0.2) is 40.1 Å². The molecule has 2 aliphatic heterocycles. The van der Waals surface area contributed by atoms with Crippen LogP contribution < -0.4 is 5.32 Å². The fraction of sp³-hybridized carbons (Fsp3) is 0.400. The van der Waals surface area contributed by atoms with Crippen molar-refractivity contribution in [2.45, 2.75) is 19.9 Å². The Balaban J connectivity index is 1.85. The zero-order valence-corrected chi connectivity index (χ0v) is 13.4. The maximum atomic E-state index is 12.1. The smallest absolute Gasteiger partial charge is 0.312 e. The number of rotatable bonds is 5. The molecule has 0 spiro atoms. The van der Waals surface area contributed by atoms with E-state index in [9.17, 15) is 8.78 Å². The third-order valence-electron chi connectivity index (χ3n) is 3.77. The van der Waals surface area contributed by atoms with Crippen LogP contribution in [0, 0.1) is 11.3 Å². The van der Waals surface area contributed by atoms with Gasteiger partial charge in [-0.3, -0.25) is 4.99 Å². The third kappa shape index (κ3) is 3.31. The average Bonchev–Trinajstić information content (AvgIpc) is 3.13. The van der Waals surface area contributed by atoms with E-state index < -0.39 is 6.55 Å². The van der Waals surface area contributed by atoms with Crippen LogP contribution in [0.1, 0.15) is 18.4 Å². The van der Waals surface area contributed by atoms with Gasteiger partial charge < -0.3 is 15.6 Å². The summed E-state index contributed by atoms with van der Waals surface area (Å²) in [6.45, 7) is 0.746. The number of aromatic nitrogens is 1. The van der Waals surface area contributed by atoms with Gasteiger partial charge in [-0.25, -0.2) is 4.98 Å². The van der Waals surface area contributed by atoms with Crippen LogP contribution in [0.25, 0.3) is 0 Å². The number of aliphatic imine (C=N–C) groups is 1. The molecule has 0 aromatic carbocycles. The van der Waals surface area contributed by atoms with Gasteiger partial charge in [-0.15, -0.1) is 11.3 Å². The first kappa shape index (κ1) is 15.8. The maximum Gasteiger partial charge on any atom is 0.312 e. The van der Waals surface area contributed by atoms with Crippen LogP contribution in [-0.2, 0) is 0 Å². The Morgan fingerprint density at radius 2 is 2.39 bits per heavy atom. The molecule has 5 nitrogen and oxygen atoms in total. The Bertz CT molecular complexity index is 678. The number of alkyl halides is 2. The van der Waals surface area contributed by atoms with Crippen LogP contribution in [0.2, 0.25) is 0 Å². The average molecular weight is 337 g/mol. The number of allylic oxidation sites excluding steroid dienone is 2. The lowest BCUT2D eigenvalue weighted by Crippen LogP contribution is -2.33. The molecule has 23 heavy (non-hydrogen) atoms. The van der Waals surface area contributed by atoms with Crippen molar-refractivity contribution in [1.82, 2.24) is 15.2 Å². The van der Waals surface area contributed by atoms with Crippen molar-refractivity contribution < 1.29 is 8.78 Å². The molecule has 3 heterocycles. The Kier molecular flexibility index (Phi) is 4.51. The van der Waals surface area contributed by atoms with Crippen LogP contribution >= 0.6 is 11.3 Å². The minimum Gasteiger partial charge on any atom is -0.336 e. The quantitative estimate of drug-likeness (QED) is 0.641. The zero-order valence-electron chi connectivity index (χ0n) is 12.6. The Morgan fingerprint density at radius 1 is 1.57 bits per heavy atom. The van der Waals surface area contributed by atoms with Gasteiger partial charge in [-0.05, 0) is 18.4 Å². The van der Waals surface area contributed by atoms with Crippen molar-refractivity contribution in [2.24, 2.45) is 10.9 Å². The fourth-order valence-corrected chi connectivity index (χ4v) is 3.47. The predicted octanol–water partition coefficient (Wildman–Crippen LogP) is 2.84. The summed E-state index contributed by atoms with van der Waals surface area (Å²) in [6, 6.07) is 0. The van der Waals surface area contributed by atoms with Crippen molar-refractivity contribution in [2.75, 3.05) is 13.1 Å². The van der Waals surface area contributed by atoms with E-state index in [0.29, 0.717) is 12.5 Å². The molecule has 8 heteroatoms. The van der Waals surface area contributed by atoms with Crippen LogP contribution in [-0.4, -0.2) is 41.1 Å². The molecular formula is C15H17F2N5S. The predicted molar refractivity (Wildman–Crippen MR) is 87.0 cm³/mol. The van der Waals surface area contributed by atoms with Gasteiger partial charge in [0.25, 0.3) is 0 Å². The number of hydrogen-bond donors (Lipinski definition) is 2. The highest BCUT2D eigenvalue weighted by atomic mass is 32.1. The Hall–Kier alpha value is -2.09. The van der Waals surface area contributed by atoms with Crippen LogP contribution in [0.3, 0.4) is 0 Å². The molecule has 1 saturated heterocycles. The van der Waals surface area contributed by atoms with Crippen LogP contribution in [0.4, 0.5) is 8.78 Å². The molecule has 3 rings (SSSR count). The van der Waals surface area contributed by atoms with E-state index in [1.165, 1.54) is 17.4 Å². The number of amidine groups is 1. The van der Waals surface area contributed by atoms with Gasteiger partial charge >= 0.3 is 6.55 Å². The minimum atomic E-state index is -2.62. The summed E-state index contributed by atoms with van der Waals surface area (Å²) in [7, 11) is 0. The number of nitrogens with zero attached hydrogens (tertiary/aromatic N) is 3. The van der Waals surface area contributed by atoms with Crippen molar-refractivity contribution in [3.8, 4) is 0 Å². The molecule has 1 fully saturated rings. The molecule has 1 atom stereocenters. The van der Waals surface area contributed by atoms with Crippen molar-refractivity contribution >= 4 is 22.9 Å². The van der Waals surface area contributed by atoms with Crippen molar-refractivity contribution in [1.29, 1.82) is 5.41 Å². The van der Waals surface area contributed by atoms with Gasteiger partial charge in [-0.2, -0.15) is 8.78 Å². The van der Waals surface area contributed by atoms with E-state index in [-0.39, 0.29) is 5.71 Å². The molecule has 0 bridgehead atoms. The van der Waals surface area contributed by atoms with E-state index in [0.717, 1.165) is 41.3 Å². The Morgan fingerprint density at radius 3 is 3.09 bits per heavy atom. The number of hydrogen-bond acceptors (Lipinski definition) is 6.